The van der Waals surface area contributed by atoms with Crippen LogP contribution in [0.5, 0.6) is 28.7 Å². The Kier molecular flexibility index (Phi) is 13.2. The number of methoxy groups -OCH3 is 1. The molecule has 2 atom stereocenters. The molecule has 412 valence electrons. The number of hydrogen-bond acceptors (Lipinski definition) is 21. The van der Waals surface area contributed by atoms with E-state index in [4.69, 9.17) is 29.2 Å². The summed E-state index contributed by atoms with van der Waals surface area (Å²) in [6.45, 7) is 8.89. The van der Waals surface area contributed by atoms with Gasteiger partial charge >= 0.3 is 0 Å². The SMILES string of the molecule is C=CC(=O)N1CCN(c2ncc3ncnc(Nc4ccc(Oc5ccc6c(c5)nnn6C/C=C/C(=O)N5CC6CCC(C5)N6c5ncc6ncnc(Nc7ccc(Oc8ccc9c(c8)nnn9C)c(C)c7)c6n5)c(OC)c4F)c3n2)CC1. The van der Waals surface area contributed by atoms with E-state index in [1.165, 1.54) is 31.9 Å². The fraction of sp³-hybridized carbons (Fsp3) is 0.250. The van der Waals surface area contributed by atoms with Gasteiger partial charge in [0.1, 0.15) is 63.0 Å². The van der Waals surface area contributed by atoms with Gasteiger partial charge < -0.3 is 44.4 Å². The van der Waals surface area contributed by atoms with Crippen molar-refractivity contribution < 1.29 is 28.2 Å². The number of nitrogens with zero attached hydrogens (tertiary/aromatic N) is 18. The summed E-state index contributed by atoms with van der Waals surface area (Å²) in [6, 6.07) is 19.9. The van der Waals surface area contributed by atoms with E-state index in [9.17, 15) is 9.59 Å². The zero-order valence-corrected chi connectivity index (χ0v) is 44.6. The molecule has 6 aromatic heterocycles. The van der Waals surface area contributed by atoms with E-state index < -0.39 is 5.82 Å². The Bertz CT molecular complexity index is 4170. The highest BCUT2D eigenvalue weighted by Gasteiger charge is 2.42. The van der Waals surface area contributed by atoms with Crippen LogP contribution in [0.15, 0.2) is 117 Å². The van der Waals surface area contributed by atoms with Crippen LogP contribution in [0.3, 0.4) is 0 Å². The Morgan fingerprint density at radius 3 is 2.06 bits per heavy atom. The number of piperazine rings is 2. The Labute approximate surface area is 466 Å². The molecule has 2 unspecified atom stereocenters. The largest absolute Gasteiger partial charge is 0.490 e. The molecule has 82 heavy (non-hydrogen) atoms. The molecule has 10 aromatic rings. The van der Waals surface area contributed by atoms with Crippen molar-refractivity contribution in [1.29, 1.82) is 0 Å². The average Bonchev–Trinajstić information content (AvgIpc) is 4.35. The van der Waals surface area contributed by atoms with Gasteiger partial charge in [-0.15, -0.1) is 10.2 Å². The van der Waals surface area contributed by atoms with Gasteiger partial charge in [-0.25, -0.2) is 53.6 Å². The van der Waals surface area contributed by atoms with Gasteiger partial charge in [0.05, 0.1) is 42.8 Å². The monoisotopic (exact) mass is 1100 g/mol. The van der Waals surface area contributed by atoms with Crippen LogP contribution < -0.4 is 34.6 Å². The van der Waals surface area contributed by atoms with Crippen LogP contribution in [-0.2, 0) is 23.2 Å². The Balaban J connectivity index is 0.631. The number of ether oxygens (including phenoxy) is 3. The maximum Gasteiger partial charge on any atom is 0.246 e. The molecule has 0 radical (unpaired) electrons. The number of anilines is 6. The Morgan fingerprint density at radius 2 is 1.35 bits per heavy atom. The lowest BCUT2D eigenvalue weighted by atomic mass is 10.2. The molecule has 26 heteroatoms. The smallest absolute Gasteiger partial charge is 0.246 e. The first-order chi connectivity index (χ1) is 40.0. The van der Waals surface area contributed by atoms with Crippen LogP contribution >= 0.6 is 0 Å². The first-order valence-corrected chi connectivity index (χ1v) is 26.4. The molecule has 0 aliphatic carbocycles. The van der Waals surface area contributed by atoms with Gasteiger partial charge in [0.15, 0.2) is 29.0 Å². The minimum atomic E-state index is -0.722. The molecule has 4 aromatic carbocycles. The van der Waals surface area contributed by atoms with E-state index in [-0.39, 0.29) is 53.4 Å². The second kappa shape index (κ2) is 21.3. The zero-order chi connectivity index (χ0) is 56.0. The standard InChI is InChI=1S/C56H51FN20O5/c1-5-47(78)73-19-21-74(22-20-73)55-58-26-41-51(66-55)54(63-31-61-41)65-38-13-17-46(52(80-4)49(38)57)82-37-12-15-44-40(25-37)69-71-76(44)18-6-7-48(79)75-28-34-9-10-35(29-75)77(34)56-59-27-42-50(67-56)53(62-30-60-42)64-33-8-16-45(32(2)23-33)81-36-11-14-43-39(24-36)68-70-72(43)3/h5-8,11-17,23-27,30-31,34-35H,1,9-10,18-22,28-29H2,2-4H3,(H,60,62,64)(H,61,63,65)/b7-6+. The molecule has 25 nitrogen and oxygen atoms in total. The van der Waals surface area contributed by atoms with E-state index in [0.717, 1.165) is 35.1 Å². The number of rotatable bonds is 15. The van der Waals surface area contributed by atoms with Crippen molar-refractivity contribution in [2.24, 2.45) is 7.05 Å². The number of benzene rings is 4. The minimum Gasteiger partial charge on any atom is -0.490 e. The highest BCUT2D eigenvalue weighted by molar-refractivity contribution is 5.90. The molecule has 3 fully saturated rings. The van der Waals surface area contributed by atoms with Crippen LogP contribution in [0, 0.1) is 12.7 Å². The first kappa shape index (κ1) is 50.9. The predicted octanol–water partition coefficient (Wildman–Crippen LogP) is 6.98. The second-order valence-corrected chi connectivity index (χ2v) is 19.9. The fourth-order valence-electron chi connectivity index (χ4n) is 10.7. The number of halogens is 1. The molecule has 2 bridgehead atoms. The molecule has 3 saturated heterocycles. The second-order valence-electron chi connectivity index (χ2n) is 19.9. The van der Waals surface area contributed by atoms with Gasteiger partial charge in [0, 0.05) is 82.3 Å². The van der Waals surface area contributed by atoms with Crippen molar-refractivity contribution in [1.82, 2.24) is 79.7 Å². The number of hydrogen-bond donors (Lipinski definition) is 2. The summed E-state index contributed by atoms with van der Waals surface area (Å²) >= 11 is 0. The summed E-state index contributed by atoms with van der Waals surface area (Å²) in [5.74, 6) is 2.56. The third-order valence-corrected chi connectivity index (χ3v) is 14.8. The fourth-order valence-corrected chi connectivity index (χ4v) is 10.7. The summed E-state index contributed by atoms with van der Waals surface area (Å²) in [5, 5.41) is 23.4. The van der Waals surface area contributed by atoms with E-state index >= 15 is 4.39 Å². The zero-order valence-electron chi connectivity index (χ0n) is 44.6. The summed E-state index contributed by atoms with van der Waals surface area (Å²) in [4.78, 5) is 70.3. The van der Waals surface area contributed by atoms with Gasteiger partial charge in [-0.05, 0) is 86.0 Å². The van der Waals surface area contributed by atoms with Crippen molar-refractivity contribution in [3.05, 3.63) is 128 Å². The number of likely N-dealkylation sites (tertiary alicyclic amines) is 1. The van der Waals surface area contributed by atoms with Gasteiger partial charge in [0.25, 0.3) is 0 Å². The number of amides is 2. The normalized spacial score (nSPS) is 16.2. The molecule has 13 rings (SSSR count). The van der Waals surface area contributed by atoms with Crippen LogP contribution in [0.25, 0.3) is 44.1 Å². The van der Waals surface area contributed by atoms with E-state index in [0.29, 0.717) is 107 Å². The van der Waals surface area contributed by atoms with E-state index in [1.807, 2.05) is 60.2 Å². The predicted molar refractivity (Wildman–Crippen MR) is 301 cm³/mol. The quantitative estimate of drug-likeness (QED) is 0.0981. The maximum atomic E-state index is 16.2. The Morgan fingerprint density at radius 1 is 0.707 bits per heavy atom. The van der Waals surface area contributed by atoms with Crippen molar-refractivity contribution in [3.8, 4) is 28.7 Å². The van der Waals surface area contributed by atoms with E-state index in [1.54, 1.807) is 63.1 Å². The van der Waals surface area contributed by atoms with Crippen LogP contribution in [0.2, 0.25) is 0 Å². The number of aromatic nitrogens is 14. The summed E-state index contributed by atoms with van der Waals surface area (Å²) < 4.78 is 37.5. The van der Waals surface area contributed by atoms with Gasteiger partial charge in [-0.1, -0.05) is 23.1 Å². The number of carbonyl (C=O) groups is 2. The van der Waals surface area contributed by atoms with Crippen LogP contribution in [0.4, 0.5) is 39.3 Å². The highest BCUT2D eigenvalue weighted by atomic mass is 19.1. The highest BCUT2D eigenvalue weighted by Crippen LogP contribution is 2.40. The number of fused-ring (bicyclic) bond motifs is 6. The molecule has 0 spiro atoms. The number of nitrogens with one attached hydrogen (secondary N) is 2. The molecule has 9 heterocycles. The van der Waals surface area contributed by atoms with Gasteiger partial charge in [-0.3, -0.25) is 9.59 Å². The topological polar surface area (TPSA) is 263 Å². The third kappa shape index (κ3) is 9.78. The van der Waals surface area contributed by atoms with Crippen molar-refractivity contribution >= 4 is 90.9 Å². The van der Waals surface area contributed by atoms with Crippen molar-refractivity contribution in [2.75, 3.05) is 66.8 Å². The Hall–Kier alpha value is -10.5. The summed E-state index contributed by atoms with van der Waals surface area (Å²) in [5.41, 5.74) is 6.69. The minimum absolute atomic E-state index is 0.0209. The van der Waals surface area contributed by atoms with Gasteiger partial charge in [-0.2, -0.15) is 0 Å². The van der Waals surface area contributed by atoms with Crippen molar-refractivity contribution in [2.45, 2.75) is 38.4 Å². The van der Waals surface area contributed by atoms with Crippen LogP contribution in [0.1, 0.15) is 18.4 Å². The summed E-state index contributed by atoms with van der Waals surface area (Å²) in [6.07, 6.45) is 12.6. The third-order valence-electron chi connectivity index (χ3n) is 14.8. The lowest BCUT2D eigenvalue weighted by molar-refractivity contribution is -0.127. The average molecular weight is 1100 g/mol. The molecule has 3 aliphatic rings. The number of aryl methyl sites for hydroxylation is 2. The molecule has 2 amide bonds. The molecular formula is C56H51FN20O5. The molecule has 0 saturated carbocycles. The van der Waals surface area contributed by atoms with E-state index in [2.05, 4.69) is 67.7 Å². The molecule has 2 N–H and O–H groups in total. The molecule has 3 aliphatic heterocycles. The van der Waals surface area contributed by atoms with Crippen LogP contribution in [-0.4, -0.2) is 150 Å². The number of carbonyl (C=O) groups excluding carboxylic acids is 2. The summed E-state index contributed by atoms with van der Waals surface area (Å²) in [7, 11) is 3.20. The first-order valence-electron chi connectivity index (χ1n) is 26.4. The lowest BCUT2D eigenvalue weighted by Crippen LogP contribution is -2.55. The maximum absolute atomic E-state index is 16.2. The lowest BCUT2D eigenvalue weighted by Gasteiger charge is -2.40. The van der Waals surface area contributed by atoms with Crippen molar-refractivity contribution in [3.63, 3.8) is 0 Å². The van der Waals surface area contributed by atoms with Gasteiger partial charge in [0.2, 0.25) is 23.7 Å². The number of allylic oxidation sites excluding steroid dienone is 1. The molecular weight excluding hydrogens is 1050 g/mol.